The summed E-state index contributed by atoms with van der Waals surface area (Å²) in [5.74, 6) is -1.01. The fourth-order valence-electron chi connectivity index (χ4n) is 3.89. The molecule has 8 nitrogen and oxygen atoms in total. The van der Waals surface area contributed by atoms with Crippen LogP contribution < -0.4 is 20.7 Å². The van der Waals surface area contributed by atoms with Crippen LogP contribution in [-0.2, 0) is 11.3 Å². The molecule has 2 aromatic heterocycles. The maximum Gasteiger partial charge on any atom is 0.573 e. The second-order valence-electron chi connectivity index (χ2n) is 8.55. The maximum atomic E-state index is 15.0. The van der Waals surface area contributed by atoms with Gasteiger partial charge in [0.1, 0.15) is 11.3 Å². The Morgan fingerprint density at radius 3 is 2.62 bits per heavy atom. The summed E-state index contributed by atoms with van der Waals surface area (Å²) in [6.45, 7) is 1.67. The van der Waals surface area contributed by atoms with Crippen molar-refractivity contribution in [2.24, 2.45) is 0 Å². The molecule has 4 aromatic rings. The summed E-state index contributed by atoms with van der Waals surface area (Å²) in [7, 11) is 0. The Labute approximate surface area is 226 Å². The molecule has 2 heterocycles. The third kappa shape index (κ3) is 7.80. The predicted molar refractivity (Wildman–Crippen MR) is 140 cm³/mol. The van der Waals surface area contributed by atoms with E-state index >= 15 is 0 Å². The van der Waals surface area contributed by atoms with Gasteiger partial charge in [-0.1, -0.05) is 17.7 Å². The Hall–Kier alpha value is -3.90. The van der Waals surface area contributed by atoms with Crippen molar-refractivity contribution in [3.05, 3.63) is 71.4 Å². The van der Waals surface area contributed by atoms with E-state index < -0.39 is 17.9 Å². The number of fused-ring (bicyclic) bond motifs is 1. The molecule has 0 bridgehead atoms. The average Bonchev–Trinajstić information content (AvgIpc) is 3.40. The summed E-state index contributed by atoms with van der Waals surface area (Å²) in [5.41, 5.74) is 2.80. The first-order valence-electron chi connectivity index (χ1n) is 12.0. The lowest BCUT2D eigenvalue weighted by molar-refractivity contribution is -0.274. The van der Waals surface area contributed by atoms with Crippen molar-refractivity contribution >= 4 is 34.1 Å². The number of hydrogen-bond donors (Lipinski definition) is 4. The minimum atomic E-state index is -4.82. The van der Waals surface area contributed by atoms with Gasteiger partial charge in [-0.25, -0.2) is 4.39 Å². The number of carbonyl (C=O) groups is 1. The number of nitrogens with zero attached hydrogens (tertiary/aromatic N) is 2. The number of halogens is 5. The molecule has 2 aromatic carbocycles. The smallest absolute Gasteiger partial charge is 0.404 e. The number of rotatable bonds is 12. The van der Waals surface area contributed by atoms with E-state index in [4.69, 9.17) is 11.6 Å². The van der Waals surface area contributed by atoms with Crippen molar-refractivity contribution in [3.8, 4) is 16.9 Å². The molecular weight excluding hydrogens is 540 g/mol. The second kappa shape index (κ2) is 12.8. The van der Waals surface area contributed by atoms with Gasteiger partial charge >= 0.3 is 6.36 Å². The standard InChI is InChI=1S/C26H25ClF4N6O2/c27-20-12-16(2-3-22(20)39-26(29,30)31)14-33-11-6-23(38)35-8-1-7-34-21-13-18(17-4-9-32-10-5-17)24(28)25-19(21)15-36-37-25/h2-5,9-10,12-13,15,33-34H,1,6-8,11,14H2,(H,35,38)(H,36,37). The summed E-state index contributed by atoms with van der Waals surface area (Å²) in [4.78, 5) is 16.1. The van der Waals surface area contributed by atoms with Crippen LogP contribution in [0.5, 0.6) is 5.75 Å². The van der Waals surface area contributed by atoms with Gasteiger partial charge in [0.25, 0.3) is 0 Å². The van der Waals surface area contributed by atoms with Crippen molar-refractivity contribution in [2.75, 3.05) is 25.0 Å². The van der Waals surface area contributed by atoms with E-state index in [0.717, 1.165) is 11.8 Å². The van der Waals surface area contributed by atoms with Gasteiger partial charge in [0.05, 0.1) is 11.2 Å². The van der Waals surface area contributed by atoms with Gasteiger partial charge in [-0.2, -0.15) is 5.10 Å². The molecule has 1 amide bonds. The number of alkyl halides is 3. The summed E-state index contributed by atoms with van der Waals surface area (Å²) in [5, 5.41) is 16.3. The van der Waals surface area contributed by atoms with Crippen LogP contribution in [0.2, 0.25) is 5.02 Å². The first-order chi connectivity index (χ1) is 18.7. The highest BCUT2D eigenvalue weighted by Gasteiger charge is 2.32. The van der Waals surface area contributed by atoms with Crippen molar-refractivity contribution < 1.29 is 27.1 Å². The molecule has 4 rings (SSSR count). The zero-order valence-electron chi connectivity index (χ0n) is 20.5. The fourth-order valence-corrected chi connectivity index (χ4v) is 4.13. The van der Waals surface area contributed by atoms with Gasteiger partial charge in [-0.05, 0) is 47.9 Å². The summed E-state index contributed by atoms with van der Waals surface area (Å²) < 4.78 is 55.8. The second-order valence-corrected chi connectivity index (χ2v) is 8.96. The fraction of sp³-hybridized carbons (Fsp3) is 0.269. The maximum absolute atomic E-state index is 15.0. The van der Waals surface area contributed by atoms with Crippen LogP contribution in [-0.4, -0.2) is 47.1 Å². The molecule has 0 fully saturated rings. The lowest BCUT2D eigenvalue weighted by Gasteiger charge is -2.12. The summed E-state index contributed by atoms with van der Waals surface area (Å²) in [6.07, 6.45) is 0.793. The molecule has 0 atom stereocenters. The zero-order valence-corrected chi connectivity index (χ0v) is 21.3. The van der Waals surface area contributed by atoms with E-state index in [-0.39, 0.29) is 17.4 Å². The van der Waals surface area contributed by atoms with Gasteiger partial charge in [0.2, 0.25) is 5.91 Å². The Bertz CT molecular complexity index is 1420. The minimum absolute atomic E-state index is 0.145. The zero-order chi connectivity index (χ0) is 27.8. The molecule has 0 aliphatic rings. The van der Waals surface area contributed by atoms with Crippen LogP contribution in [0.4, 0.5) is 23.2 Å². The summed E-state index contributed by atoms with van der Waals surface area (Å²) in [6, 6.07) is 9.18. The van der Waals surface area contributed by atoms with Crippen LogP contribution in [0.25, 0.3) is 22.0 Å². The number of hydrogen-bond acceptors (Lipinski definition) is 6. The molecule has 0 radical (unpaired) electrons. The third-order valence-corrected chi connectivity index (χ3v) is 6.03. The van der Waals surface area contributed by atoms with Crippen molar-refractivity contribution in [1.29, 1.82) is 0 Å². The molecule has 39 heavy (non-hydrogen) atoms. The van der Waals surface area contributed by atoms with Crippen LogP contribution in [0, 0.1) is 5.82 Å². The van der Waals surface area contributed by atoms with Gasteiger partial charge in [0, 0.05) is 61.6 Å². The Kier molecular flexibility index (Phi) is 9.20. The molecular formula is C26H25ClF4N6O2. The molecule has 0 aliphatic carbocycles. The van der Waals surface area contributed by atoms with Crippen LogP contribution >= 0.6 is 11.6 Å². The normalized spacial score (nSPS) is 11.5. The van der Waals surface area contributed by atoms with Crippen LogP contribution in [0.15, 0.2) is 55.0 Å². The SMILES string of the molecule is O=C(CCNCc1ccc(OC(F)(F)F)c(Cl)c1)NCCCNc1cc(-c2ccncc2)c(F)c2[nH]ncc12. The number of aromatic nitrogens is 3. The molecule has 0 saturated carbocycles. The van der Waals surface area contributed by atoms with Gasteiger partial charge in [-0.15, -0.1) is 13.2 Å². The number of anilines is 1. The monoisotopic (exact) mass is 564 g/mol. The summed E-state index contributed by atoms with van der Waals surface area (Å²) >= 11 is 5.84. The Balaban J connectivity index is 1.18. The minimum Gasteiger partial charge on any atom is -0.404 e. The molecule has 206 valence electrons. The highest BCUT2D eigenvalue weighted by Crippen LogP contribution is 2.33. The lowest BCUT2D eigenvalue weighted by Crippen LogP contribution is -2.29. The Morgan fingerprint density at radius 2 is 1.87 bits per heavy atom. The molecule has 0 spiro atoms. The van der Waals surface area contributed by atoms with Gasteiger partial charge < -0.3 is 20.7 Å². The number of pyridine rings is 1. The lowest BCUT2D eigenvalue weighted by atomic mass is 10.0. The third-order valence-electron chi connectivity index (χ3n) is 5.74. The first kappa shape index (κ1) is 28.1. The van der Waals surface area contributed by atoms with E-state index in [2.05, 4.69) is 35.9 Å². The van der Waals surface area contributed by atoms with E-state index in [1.165, 1.54) is 12.1 Å². The highest BCUT2D eigenvalue weighted by molar-refractivity contribution is 6.32. The molecule has 13 heteroatoms. The number of ether oxygens (including phenoxy) is 1. The highest BCUT2D eigenvalue weighted by atomic mass is 35.5. The van der Waals surface area contributed by atoms with E-state index in [1.54, 1.807) is 36.8 Å². The van der Waals surface area contributed by atoms with Crippen LogP contribution in [0.3, 0.4) is 0 Å². The van der Waals surface area contributed by atoms with E-state index in [0.29, 0.717) is 60.2 Å². The topological polar surface area (TPSA) is 104 Å². The average molecular weight is 565 g/mol. The van der Waals surface area contributed by atoms with Gasteiger partial charge in [0.15, 0.2) is 5.82 Å². The molecule has 4 N–H and O–H groups in total. The number of H-pyrrole nitrogens is 1. The molecule has 0 aliphatic heterocycles. The number of amides is 1. The number of carbonyl (C=O) groups excluding carboxylic acids is 1. The van der Waals surface area contributed by atoms with Gasteiger partial charge in [-0.3, -0.25) is 14.9 Å². The predicted octanol–water partition coefficient (Wildman–Crippen LogP) is 5.41. The Morgan fingerprint density at radius 1 is 1.08 bits per heavy atom. The van der Waals surface area contributed by atoms with E-state index in [9.17, 15) is 22.4 Å². The first-order valence-corrected chi connectivity index (χ1v) is 12.4. The number of nitrogens with one attached hydrogen (secondary N) is 4. The number of benzene rings is 2. The van der Waals surface area contributed by atoms with Crippen molar-refractivity contribution in [2.45, 2.75) is 25.7 Å². The number of aromatic amines is 1. The van der Waals surface area contributed by atoms with E-state index in [1.807, 2.05) is 0 Å². The van der Waals surface area contributed by atoms with Crippen molar-refractivity contribution in [3.63, 3.8) is 0 Å². The van der Waals surface area contributed by atoms with Crippen LogP contribution in [0.1, 0.15) is 18.4 Å². The largest absolute Gasteiger partial charge is 0.573 e. The quantitative estimate of drug-likeness (QED) is 0.135. The van der Waals surface area contributed by atoms with Crippen molar-refractivity contribution in [1.82, 2.24) is 25.8 Å². The molecule has 0 saturated heterocycles. The molecule has 0 unspecified atom stereocenters.